The van der Waals surface area contributed by atoms with Crippen LogP contribution in [0.25, 0.3) is 0 Å². The fourth-order valence-electron chi connectivity index (χ4n) is 2.35. The summed E-state index contributed by atoms with van der Waals surface area (Å²) in [5.74, 6) is 0. The topological polar surface area (TPSA) is 42.0 Å². The van der Waals surface area contributed by atoms with Crippen LogP contribution in [0.3, 0.4) is 0 Å². The number of urea groups is 1. The molecule has 0 saturated carbocycles. The summed E-state index contributed by atoms with van der Waals surface area (Å²) in [6.45, 7) is 5.48. The van der Waals surface area contributed by atoms with Crippen molar-refractivity contribution in [3.8, 4) is 0 Å². The molecule has 2 heterocycles. The highest BCUT2D eigenvalue weighted by atomic mass is 16.5. The largest absolute Gasteiger partial charge is 0.378 e. The monoisotopic (exact) mass is 228 g/mol. The zero-order valence-corrected chi connectivity index (χ0v) is 10.0. The highest BCUT2D eigenvalue weighted by Gasteiger charge is 2.32. The Morgan fingerprint density at radius 3 is 2.56 bits per heavy atom. The van der Waals surface area contributed by atoms with E-state index in [0.29, 0.717) is 26.3 Å². The van der Waals surface area contributed by atoms with Crippen LogP contribution in [0.15, 0.2) is 0 Å². The van der Waals surface area contributed by atoms with Crippen LogP contribution in [0.2, 0.25) is 0 Å². The zero-order chi connectivity index (χ0) is 11.5. The van der Waals surface area contributed by atoms with Crippen molar-refractivity contribution in [1.29, 1.82) is 0 Å². The fourth-order valence-corrected chi connectivity index (χ4v) is 2.35. The van der Waals surface area contributed by atoms with Gasteiger partial charge >= 0.3 is 6.03 Å². The van der Waals surface area contributed by atoms with Gasteiger partial charge in [-0.1, -0.05) is 0 Å². The molecule has 16 heavy (non-hydrogen) atoms. The van der Waals surface area contributed by atoms with E-state index in [1.54, 1.807) is 0 Å². The van der Waals surface area contributed by atoms with Crippen molar-refractivity contribution >= 4 is 6.03 Å². The van der Waals surface area contributed by atoms with Gasteiger partial charge in [0.05, 0.1) is 25.4 Å². The predicted octanol–water partition coefficient (Wildman–Crippen LogP) is 0.548. The number of amides is 2. The van der Waals surface area contributed by atoms with E-state index < -0.39 is 0 Å². The summed E-state index contributed by atoms with van der Waals surface area (Å²) in [6, 6.07) is 0.320. The van der Waals surface area contributed by atoms with E-state index >= 15 is 0 Å². The Balaban J connectivity index is 1.92. The Morgan fingerprint density at radius 1 is 1.31 bits per heavy atom. The minimum absolute atomic E-state index is 0.102. The molecule has 5 heteroatoms. The van der Waals surface area contributed by atoms with Gasteiger partial charge in [-0.3, -0.25) is 0 Å². The third kappa shape index (κ3) is 2.30. The number of morpholine rings is 1. The van der Waals surface area contributed by atoms with Crippen molar-refractivity contribution in [1.82, 2.24) is 9.80 Å². The molecule has 2 unspecified atom stereocenters. The lowest BCUT2D eigenvalue weighted by molar-refractivity contribution is 0.0360. The standard InChI is InChI=1S/C11H20N2O3/c1-9-10(3-6-16-9)12(2)11(14)13-4-7-15-8-5-13/h9-10H,3-8H2,1-2H3. The van der Waals surface area contributed by atoms with Crippen LogP contribution >= 0.6 is 0 Å². The summed E-state index contributed by atoms with van der Waals surface area (Å²) >= 11 is 0. The van der Waals surface area contributed by atoms with Gasteiger partial charge in [0.1, 0.15) is 0 Å². The number of likely N-dealkylation sites (N-methyl/N-ethyl adjacent to an activating group) is 1. The van der Waals surface area contributed by atoms with E-state index in [1.807, 2.05) is 23.8 Å². The van der Waals surface area contributed by atoms with Gasteiger partial charge < -0.3 is 19.3 Å². The molecule has 2 saturated heterocycles. The molecule has 0 radical (unpaired) electrons. The maximum absolute atomic E-state index is 12.2. The number of hydrogen-bond donors (Lipinski definition) is 0. The molecule has 0 aromatic rings. The smallest absolute Gasteiger partial charge is 0.320 e. The lowest BCUT2D eigenvalue weighted by atomic mass is 10.1. The molecule has 2 fully saturated rings. The zero-order valence-electron chi connectivity index (χ0n) is 10.0. The third-order valence-corrected chi connectivity index (χ3v) is 3.42. The average molecular weight is 228 g/mol. The van der Waals surface area contributed by atoms with Gasteiger partial charge in [0.2, 0.25) is 0 Å². The lowest BCUT2D eigenvalue weighted by Gasteiger charge is -2.34. The quantitative estimate of drug-likeness (QED) is 0.658. The number of carbonyl (C=O) groups excluding carboxylic acids is 1. The van der Waals surface area contributed by atoms with Gasteiger partial charge in [-0.25, -0.2) is 4.79 Å². The second-order valence-electron chi connectivity index (χ2n) is 4.42. The summed E-state index contributed by atoms with van der Waals surface area (Å²) in [6.07, 6.45) is 1.09. The molecule has 2 atom stereocenters. The van der Waals surface area contributed by atoms with Crippen LogP contribution in [-0.4, -0.2) is 67.9 Å². The first-order valence-corrected chi connectivity index (χ1v) is 5.91. The van der Waals surface area contributed by atoms with Crippen LogP contribution < -0.4 is 0 Å². The van der Waals surface area contributed by atoms with Gasteiger partial charge in [-0.2, -0.15) is 0 Å². The van der Waals surface area contributed by atoms with E-state index in [0.717, 1.165) is 13.0 Å². The molecule has 0 N–H and O–H groups in total. The molecule has 0 spiro atoms. The Kier molecular flexibility index (Phi) is 3.66. The minimum Gasteiger partial charge on any atom is -0.378 e. The third-order valence-electron chi connectivity index (χ3n) is 3.42. The van der Waals surface area contributed by atoms with Gasteiger partial charge in [0.15, 0.2) is 0 Å². The van der Waals surface area contributed by atoms with Crippen molar-refractivity contribution in [3.63, 3.8) is 0 Å². The van der Waals surface area contributed by atoms with E-state index in [1.165, 1.54) is 0 Å². The molecule has 0 bridgehead atoms. The fraction of sp³-hybridized carbons (Fsp3) is 0.909. The van der Waals surface area contributed by atoms with Crippen LogP contribution in [0.5, 0.6) is 0 Å². The first kappa shape index (κ1) is 11.7. The molecule has 0 aromatic carbocycles. The summed E-state index contributed by atoms with van der Waals surface area (Å²) in [4.78, 5) is 15.8. The van der Waals surface area contributed by atoms with Crippen molar-refractivity contribution < 1.29 is 14.3 Å². The maximum atomic E-state index is 12.2. The highest BCUT2D eigenvalue weighted by molar-refractivity contribution is 5.74. The van der Waals surface area contributed by atoms with Crippen LogP contribution in [0.4, 0.5) is 4.79 Å². The number of nitrogens with zero attached hydrogens (tertiary/aromatic N) is 2. The Labute approximate surface area is 96.3 Å². The molecule has 92 valence electrons. The first-order valence-electron chi connectivity index (χ1n) is 5.91. The molecule has 2 rings (SSSR count). The number of rotatable bonds is 1. The van der Waals surface area contributed by atoms with E-state index in [2.05, 4.69) is 0 Å². The Morgan fingerprint density at radius 2 is 2.00 bits per heavy atom. The van der Waals surface area contributed by atoms with Crippen molar-refractivity contribution in [3.05, 3.63) is 0 Å². The Bertz CT molecular complexity index is 254. The number of carbonyl (C=O) groups is 1. The van der Waals surface area contributed by atoms with Crippen LogP contribution in [-0.2, 0) is 9.47 Å². The number of ether oxygens (including phenoxy) is 2. The van der Waals surface area contributed by atoms with Gasteiger partial charge in [0.25, 0.3) is 0 Å². The van der Waals surface area contributed by atoms with Crippen molar-refractivity contribution in [2.45, 2.75) is 25.5 Å². The van der Waals surface area contributed by atoms with Crippen molar-refractivity contribution in [2.24, 2.45) is 0 Å². The van der Waals surface area contributed by atoms with Crippen LogP contribution in [0, 0.1) is 0 Å². The summed E-state index contributed by atoms with van der Waals surface area (Å²) in [5, 5.41) is 0. The summed E-state index contributed by atoms with van der Waals surface area (Å²) < 4.78 is 10.7. The SMILES string of the molecule is CC1OCCC1N(C)C(=O)N1CCOCC1. The maximum Gasteiger partial charge on any atom is 0.320 e. The highest BCUT2D eigenvalue weighted by Crippen LogP contribution is 2.19. The second kappa shape index (κ2) is 5.01. The van der Waals surface area contributed by atoms with Gasteiger partial charge in [0, 0.05) is 26.7 Å². The first-order chi connectivity index (χ1) is 7.70. The number of hydrogen-bond acceptors (Lipinski definition) is 3. The van der Waals surface area contributed by atoms with E-state index in [9.17, 15) is 4.79 Å². The Hall–Kier alpha value is -0.810. The van der Waals surface area contributed by atoms with Crippen molar-refractivity contribution in [2.75, 3.05) is 40.0 Å². The van der Waals surface area contributed by atoms with Gasteiger partial charge in [-0.15, -0.1) is 0 Å². The lowest BCUT2D eigenvalue weighted by Crippen LogP contribution is -2.51. The van der Waals surface area contributed by atoms with E-state index in [-0.39, 0.29) is 18.2 Å². The molecule has 2 amide bonds. The predicted molar refractivity (Wildman–Crippen MR) is 59.4 cm³/mol. The molecule has 5 nitrogen and oxygen atoms in total. The molecule has 0 aliphatic carbocycles. The second-order valence-corrected chi connectivity index (χ2v) is 4.42. The molecular weight excluding hydrogens is 208 g/mol. The van der Waals surface area contributed by atoms with Crippen LogP contribution in [0.1, 0.15) is 13.3 Å². The molecule has 2 aliphatic heterocycles. The summed E-state index contributed by atoms with van der Waals surface area (Å²) in [7, 11) is 1.87. The molecule has 0 aromatic heterocycles. The van der Waals surface area contributed by atoms with Gasteiger partial charge in [-0.05, 0) is 13.3 Å². The molecule has 2 aliphatic rings. The molecular formula is C11H20N2O3. The summed E-state index contributed by atoms with van der Waals surface area (Å²) in [5.41, 5.74) is 0. The average Bonchev–Trinajstić information content (AvgIpc) is 2.75. The normalized spacial score (nSPS) is 30.5. The minimum atomic E-state index is 0.102. The van der Waals surface area contributed by atoms with E-state index in [4.69, 9.17) is 9.47 Å².